The summed E-state index contributed by atoms with van der Waals surface area (Å²) in [6.45, 7) is 1.91. The number of fused-ring (bicyclic) bond motifs is 1. The highest BCUT2D eigenvalue weighted by atomic mass is 16.5. The molecule has 0 unspecified atom stereocenters. The number of ether oxygens (including phenoxy) is 1. The maximum Gasteiger partial charge on any atom is 0.265 e. The summed E-state index contributed by atoms with van der Waals surface area (Å²) < 4.78 is 5.98. The molecule has 1 aromatic rings. The van der Waals surface area contributed by atoms with Gasteiger partial charge in [0.05, 0.1) is 25.3 Å². The van der Waals surface area contributed by atoms with E-state index in [-0.39, 0.29) is 30.8 Å². The number of benzene rings is 1. The fraction of sp³-hybridized carbons (Fsp3) is 0.550. The minimum Gasteiger partial charge on any atom is -0.477 e. The minimum atomic E-state index is -0.634. The second-order valence-electron chi connectivity index (χ2n) is 7.26. The van der Waals surface area contributed by atoms with Crippen LogP contribution in [-0.2, 0) is 14.4 Å². The summed E-state index contributed by atoms with van der Waals surface area (Å²) >= 11 is 0. The first-order chi connectivity index (χ1) is 13.5. The Bertz CT molecular complexity index is 733. The van der Waals surface area contributed by atoms with Crippen molar-refractivity contribution >= 4 is 23.4 Å². The Morgan fingerprint density at radius 3 is 2.61 bits per heavy atom. The van der Waals surface area contributed by atoms with Crippen LogP contribution in [0.25, 0.3) is 0 Å². The van der Waals surface area contributed by atoms with Gasteiger partial charge in [-0.15, -0.1) is 0 Å². The van der Waals surface area contributed by atoms with Gasteiger partial charge in [0.15, 0.2) is 6.10 Å². The average molecular weight is 388 g/mol. The van der Waals surface area contributed by atoms with Gasteiger partial charge < -0.3 is 24.8 Å². The van der Waals surface area contributed by atoms with Crippen LogP contribution in [0.5, 0.6) is 5.75 Å². The molecule has 2 heterocycles. The van der Waals surface area contributed by atoms with E-state index < -0.39 is 6.10 Å². The molecule has 8 nitrogen and oxygen atoms in total. The van der Waals surface area contributed by atoms with Crippen molar-refractivity contribution in [1.82, 2.24) is 15.1 Å². The van der Waals surface area contributed by atoms with Crippen LogP contribution in [0.15, 0.2) is 24.3 Å². The Kier molecular flexibility index (Phi) is 6.38. The van der Waals surface area contributed by atoms with Crippen LogP contribution >= 0.6 is 0 Å². The molecule has 3 amide bonds. The second-order valence-corrected chi connectivity index (χ2v) is 7.26. The predicted octanol–water partition coefficient (Wildman–Crippen LogP) is 0.471. The number of amides is 3. The van der Waals surface area contributed by atoms with Crippen LogP contribution in [-0.4, -0.2) is 80.4 Å². The van der Waals surface area contributed by atoms with Gasteiger partial charge in [0.2, 0.25) is 11.8 Å². The Hall–Kier alpha value is -2.77. The number of para-hydroxylation sites is 2. The molecule has 1 atom stereocenters. The lowest BCUT2D eigenvalue weighted by Gasteiger charge is -2.38. The van der Waals surface area contributed by atoms with Crippen LogP contribution < -0.4 is 15.0 Å². The van der Waals surface area contributed by atoms with Gasteiger partial charge in [-0.2, -0.15) is 0 Å². The van der Waals surface area contributed by atoms with Crippen LogP contribution in [0.3, 0.4) is 0 Å². The van der Waals surface area contributed by atoms with Crippen LogP contribution in [0, 0.1) is 0 Å². The van der Waals surface area contributed by atoms with Crippen LogP contribution in [0.1, 0.15) is 19.3 Å². The Morgan fingerprint density at radius 2 is 1.89 bits per heavy atom. The molecule has 152 valence electrons. The molecule has 2 aliphatic heterocycles. The van der Waals surface area contributed by atoms with Gasteiger partial charge in [-0.05, 0) is 31.4 Å². The summed E-state index contributed by atoms with van der Waals surface area (Å²) in [6, 6.07) is 7.42. The summed E-state index contributed by atoms with van der Waals surface area (Å²) in [5.74, 6) is 0.164. The van der Waals surface area contributed by atoms with E-state index in [1.807, 2.05) is 34.1 Å². The number of hydrogen-bond acceptors (Lipinski definition) is 5. The summed E-state index contributed by atoms with van der Waals surface area (Å²) in [4.78, 5) is 42.2. The molecule has 28 heavy (non-hydrogen) atoms. The van der Waals surface area contributed by atoms with E-state index >= 15 is 0 Å². The minimum absolute atomic E-state index is 0.00252. The Labute approximate surface area is 165 Å². The molecular formula is C20H28N4O4. The topological polar surface area (TPSA) is 82.2 Å². The van der Waals surface area contributed by atoms with E-state index in [4.69, 9.17) is 4.74 Å². The fourth-order valence-electron chi connectivity index (χ4n) is 3.57. The molecule has 0 aromatic heterocycles. The van der Waals surface area contributed by atoms with E-state index in [1.54, 1.807) is 7.05 Å². The average Bonchev–Trinajstić information content (AvgIpc) is 2.73. The number of likely N-dealkylation sites (N-methyl/N-ethyl adjacent to an activating group) is 2. The molecule has 2 aliphatic rings. The van der Waals surface area contributed by atoms with Gasteiger partial charge in [-0.25, -0.2) is 0 Å². The van der Waals surface area contributed by atoms with Crippen molar-refractivity contribution in [2.75, 3.05) is 51.7 Å². The summed E-state index contributed by atoms with van der Waals surface area (Å²) in [6.07, 6.45) is 2.55. The monoisotopic (exact) mass is 388 g/mol. The van der Waals surface area contributed by atoms with E-state index in [2.05, 4.69) is 5.32 Å². The quantitative estimate of drug-likeness (QED) is 0.793. The third kappa shape index (κ3) is 4.55. The van der Waals surface area contributed by atoms with Gasteiger partial charge in [-0.3, -0.25) is 14.4 Å². The number of carbonyl (C=O) groups excluding carboxylic acids is 3. The highest BCUT2D eigenvalue weighted by molar-refractivity contribution is 5.88. The molecule has 0 spiro atoms. The van der Waals surface area contributed by atoms with Gasteiger partial charge in [0.25, 0.3) is 5.91 Å². The van der Waals surface area contributed by atoms with Crippen molar-refractivity contribution < 1.29 is 19.1 Å². The number of nitrogens with one attached hydrogen (secondary N) is 1. The molecule has 1 fully saturated rings. The molecule has 0 radical (unpaired) electrons. The first-order valence-corrected chi connectivity index (χ1v) is 9.73. The lowest BCUT2D eigenvalue weighted by atomic mass is 10.1. The number of nitrogens with zero attached hydrogens (tertiary/aromatic N) is 3. The third-order valence-electron chi connectivity index (χ3n) is 5.22. The first kappa shape index (κ1) is 20.0. The van der Waals surface area contributed by atoms with Crippen LogP contribution in [0.4, 0.5) is 5.69 Å². The third-order valence-corrected chi connectivity index (χ3v) is 5.22. The van der Waals surface area contributed by atoms with Gasteiger partial charge in [-0.1, -0.05) is 12.1 Å². The molecule has 1 aromatic carbocycles. The summed E-state index contributed by atoms with van der Waals surface area (Å²) in [5, 5.41) is 2.51. The van der Waals surface area contributed by atoms with Crippen molar-refractivity contribution in [2.24, 2.45) is 0 Å². The fourth-order valence-corrected chi connectivity index (χ4v) is 3.57. The summed E-state index contributed by atoms with van der Waals surface area (Å²) in [7, 11) is 3.13. The number of rotatable bonds is 5. The smallest absolute Gasteiger partial charge is 0.265 e. The SMILES string of the molecule is CNC(=O)CN(C)C(=O)CN1C[C@H](C(=O)N2CCCCC2)Oc2ccccc21. The zero-order valence-corrected chi connectivity index (χ0v) is 16.5. The number of anilines is 1. The van der Waals surface area contributed by atoms with E-state index in [0.29, 0.717) is 12.3 Å². The predicted molar refractivity (Wildman–Crippen MR) is 105 cm³/mol. The summed E-state index contributed by atoms with van der Waals surface area (Å²) in [5.41, 5.74) is 0.784. The van der Waals surface area contributed by atoms with Crippen molar-refractivity contribution in [3.8, 4) is 5.75 Å². The lowest BCUT2D eigenvalue weighted by molar-refractivity contribution is -0.140. The standard InChI is InChI=1S/C20H28N4O4/c1-21-18(25)13-22(2)19(26)14-24-12-17(20(27)23-10-6-3-7-11-23)28-16-9-5-4-8-15(16)24/h4-5,8-9,17H,3,6-7,10-14H2,1-2H3,(H,21,25)/t17-/m1/s1. The zero-order valence-electron chi connectivity index (χ0n) is 16.5. The Balaban J connectivity index is 1.73. The molecule has 0 bridgehead atoms. The number of piperidine rings is 1. The molecule has 1 N–H and O–H groups in total. The molecule has 0 aliphatic carbocycles. The maximum absolute atomic E-state index is 12.9. The highest BCUT2D eigenvalue weighted by Gasteiger charge is 2.34. The van der Waals surface area contributed by atoms with Crippen LogP contribution in [0.2, 0.25) is 0 Å². The molecular weight excluding hydrogens is 360 g/mol. The molecule has 1 saturated heterocycles. The van der Waals surface area contributed by atoms with Crippen molar-refractivity contribution in [2.45, 2.75) is 25.4 Å². The second kappa shape index (κ2) is 8.95. The number of carbonyl (C=O) groups is 3. The molecule has 3 rings (SSSR count). The number of hydrogen-bond donors (Lipinski definition) is 1. The molecule has 8 heteroatoms. The maximum atomic E-state index is 12.9. The van der Waals surface area contributed by atoms with Crippen molar-refractivity contribution in [3.05, 3.63) is 24.3 Å². The first-order valence-electron chi connectivity index (χ1n) is 9.73. The molecule has 0 saturated carbocycles. The van der Waals surface area contributed by atoms with Crippen molar-refractivity contribution in [3.63, 3.8) is 0 Å². The van der Waals surface area contributed by atoms with E-state index in [0.717, 1.165) is 38.0 Å². The normalized spacial score (nSPS) is 18.7. The number of likely N-dealkylation sites (tertiary alicyclic amines) is 1. The van der Waals surface area contributed by atoms with E-state index in [9.17, 15) is 14.4 Å². The lowest BCUT2D eigenvalue weighted by Crippen LogP contribution is -2.53. The van der Waals surface area contributed by atoms with Gasteiger partial charge >= 0.3 is 0 Å². The van der Waals surface area contributed by atoms with Gasteiger partial charge in [0, 0.05) is 27.2 Å². The largest absolute Gasteiger partial charge is 0.477 e. The van der Waals surface area contributed by atoms with Crippen molar-refractivity contribution in [1.29, 1.82) is 0 Å². The highest BCUT2D eigenvalue weighted by Crippen LogP contribution is 2.33. The Morgan fingerprint density at radius 1 is 1.18 bits per heavy atom. The van der Waals surface area contributed by atoms with Gasteiger partial charge in [0.1, 0.15) is 5.75 Å². The zero-order chi connectivity index (χ0) is 20.1. The van der Waals surface area contributed by atoms with E-state index in [1.165, 1.54) is 11.9 Å².